The molecule has 3 rings (SSSR count). The summed E-state index contributed by atoms with van der Waals surface area (Å²) in [5.74, 6) is -0.830. The molecular weight excluding hydrogens is 278 g/mol. The molecule has 0 aromatic heterocycles. The normalized spacial score (nSPS) is 41.4. The number of hydrogen-bond acceptors (Lipinski definition) is 5. The van der Waals surface area contributed by atoms with Gasteiger partial charge in [-0.05, 0) is 26.7 Å². The molecule has 3 aliphatic heterocycles. The van der Waals surface area contributed by atoms with Gasteiger partial charge < -0.3 is 9.47 Å². The fraction of sp³-hybridized carbons (Fsp3) is 0.786. The fourth-order valence-electron chi connectivity index (χ4n) is 3.02. The van der Waals surface area contributed by atoms with E-state index < -0.39 is 17.2 Å². The largest absolute Gasteiger partial charge is 0.448 e. The summed E-state index contributed by atoms with van der Waals surface area (Å²) in [6, 6.07) is 0. The Balaban J connectivity index is 1.87. The summed E-state index contributed by atoms with van der Waals surface area (Å²) < 4.78 is 11.0. The smallest absolute Gasteiger partial charge is 0.428 e. The zero-order valence-electron chi connectivity index (χ0n) is 11.7. The first-order chi connectivity index (χ1) is 9.35. The molecule has 2 bridgehead atoms. The van der Waals surface area contributed by atoms with Gasteiger partial charge in [-0.2, -0.15) is 0 Å². The van der Waals surface area contributed by atoms with Crippen molar-refractivity contribution in [2.45, 2.75) is 55.9 Å². The van der Waals surface area contributed by atoms with Crippen LogP contribution < -0.4 is 0 Å². The van der Waals surface area contributed by atoms with Crippen LogP contribution in [0.2, 0.25) is 0 Å². The van der Waals surface area contributed by atoms with Crippen LogP contribution in [0.5, 0.6) is 0 Å². The zero-order valence-corrected chi connectivity index (χ0v) is 12.5. The van der Waals surface area contributed by atoms with Gasteiger partial charge in [0.1, 0.15) is 5.25 Å². The highest BCUT2D eigenvalue weighted by Gasteiger charge is 2.79. The van der Waals surface area contributed by atoms with Crippen LogP contribution in [-0.4, -0.2) is 34.3 Å². The minimum Gasteiger partial charge on any atom is -0.448 e. The number of thioether (sulfide) groups is 1. The zero-order chi connectivity index (χ0) is 14.7. The summed E-state index contributed by atoms with van der Waals surface area (Å²) in [6.07, 6.45) is 0.680. The highest BCUT2D eigenvalue weighted by molar-refractivity contribution is 8.01. The molecule has 3 heterocycles. The summed E-state index contributed by atoms with van der Waals surface area (Å²) in [5.41, 5.74) is -1.87. The minimum absolute atomic E-state index is 0.00200. The lowest BCUT2D eigenvalue weighted by Gasteiger charge is -2.29. The molecule has 5 unspecified atom stereocenters. The molecule has 5 nitrogen and oxygen atoms in total. The van der Waals surface area contributed by atoms with E-state index in [1.807, 2.05) is 20.8 Å². The lowest BCUT2D eigenvalue weighted by Crippen LogP contribution is -2.51. The van der Waals surface area contributed by atoms with Crippen molar-refractivity contribution < 1.29 is 19.1 Å². The summed E-state index contributed by atoms with van der Waals surface area (Å²) in [7, 11) is 0. The highest BCUT2D eigenvalue weighted by atomic mass is 32.2. The molecule has 6 heteroatoms. The molecule has 3 saturated heterocycles. The number of rotatable bonds is 3. The van der Waals surface area contributed by atoms with Crippen molar-refractivity contribution in [2.24, 2.45) is 11.3 Å². The molecule has 3 fully saturated rings. The maximum Gasteiger partial charge on any atom is 0.428 e. The van der Waals surface area contributed by atoms with E-state index in [9.17, 15) is 9.59 Å². The molecule has 0 saturated carbocycles. The number of nitrogens with zero attached hydrogens (tertiary/aromatic N) is 1. The Labute approximate surface area is 122 Å². The lowest BCUT2D eigenvalue weighted by atomic mass is 9.83. The Morgan fingerprint density at radius 2 is 2.35 bits per heavy atom. The van der Waals surface area contributed by atoms with Crippen molar-refractivity contribution in [1.82, 2.24) is 0 Å². The topological polar surface area (TPSA) is 57.0 Å². The molecule has 3 aliphatic rings. The molecule has 0 aliphatic carbocycles. The maximum atomic E-state index is 12.3. The van der Waals surface area contributed by atoms with E-state index in [4.69, 9.17) is 16.0 Å². The predicted molar refractivity (Wildman–Crippen MR) is 72.7 cm³/mol. The Morgan fingerprint density at radius 3 is 2.95 bits per heavy atom. The average Bonchev–Trinajstić information content (AvgIpc) is 3.01. The van der Waals surface area contributed by atoms with Gasteiger partial charge in [-0.25, -0.2) is 6.57 Å². The van der Waals surface area contributed by atoms with Gasteiger partial charge in [0.05, 0.1) is 16.6 Å². The van der Waals surface area contributed by atoms with Crippen LogP contribution in [-0.2, 0) is 19.1 Å². The van der Waals surface area contributed by atoms with Crippen molar-refractivity contribution in [3.05, 3.63) is 11.4 Å². The van der Waals surface area contributed by atoms with E-state index in [1.54, 1.807) is 11.8 Å². The standard InChI is InChI=1S/C14H17NO4S/c1-5-13(2,3)12(17)18-9-8-6-7-10(20-8)14(9,15-4)19-11(7)16/h7-10H,5-6H2,1-3H3. The summed E-state index contributed by atoms with van der Waals surface area (Å²) in [4.78, 5) is 27.7. The first-order valence-electron chi connectivity index (χ1n) is 6.83. The molecule has 0 spiro atoms. The lowest BCUT2D eigenvalue weighted by molar-refractivity contribution is -0.174. The molecule has 20 heavy (non-hydrogen) atoms. The third-order valence-electron chi connectivity index (χ3n) is 4.74. The van der Waals surface area contributed by atoms with E-state index in [-0.39, 0.29) is 28.4 Å². The number of carbonyl (C=O) groups is 2. The van der Waals surface area contributed by atoms with Crippen molar-refractivity contribution in [3.63, 3.8) is 0 Å². The SMILES string of the molecule is [C-]#[N+]C12OC(=O)C3CC(SC31)C2OC(=O)C(C)(C)CC. The Bertz CT molecular complexity index is 526. The van der Waals surface area contributed by atoms with Crippen LogP contribution in [0.1, 0.15) is 33.6 Å². The summed E-state index contributed by atoms with van der Waals surface area (Å²) in [5, 5.41) is -0.179. The molecule has 0 aromatic carbocycles. The Hall–Kier alpha value is -1.22. The second kappa shape index (κ2) is 4.14. The van der Waals surface area contributed by atoms with Crippen LogP contribution in [0.25, 0.3) is 4.85 Å². The number of esters is 2. The van der Waals surface area contributed by atoms with E-state index in [2.05, 4.69) is 4.85 Å². The first kappa shape index (κ1) is 13.7. The van der Waals surface area contributed by atoms with Gasteiger partial charge >= 0.3 is 17.7 Å². The third-order valence-corrected chi connectivity index (χ3v) is 6.49. The first-order valence-corrected chi connectivity index (χ1v) is 7.78. The van der Waals surface area contributed by atoms with Crippen LogP contribution in [0.15, 0.2) is 0 Å². The Kier molecular flexibility index (Phi) is 2.85. The summed E-state index contributed by atoms with van der Waals surface area (Å²) in [6.45, 7) is 13.0. The quantitative estimate of drug-likeness (QED) is 0.589. The van der Waals surface area contributed by atoms with Crippen molar-refractivity contribution in [1.29, 1.82) is 0 Å². The highest BCUT2D eigenvalue weighted by Crippen LogP contribution is 2.62. The molecule has 0 radical (unpaired) electrons. The number of ether oxygens (including phenoxy) is 2. The van der Waals surface area contributed by atoms with Crippen LogP contribution in [0, 0.1) is 17.9 Å². The van der Waals surface area contributed by atoms with E-state index >= 15 is 0 Å². The number of carbonyl (C=O) groups excluding carboxylic acids is 2. The second-order valence-corrected chi connectivity index (χ2v) is 7.67. The predicted octanol–water partition coefficient (Wildman–Crippen LogP) is 2.01. The van der Waals surface area contributed by atoms with E-state index in [0.717, 1.165) is 0 Å². The molecule has 108 valence electrons. The van der Waals surface area contributed by atoms with Gasteiger partial charge in [-0.1, -0.05) is 6.92 Å². The number of fused-ring (bicyclic) bond motifs is 1. The van der Waals surface area contributed by atoms with Crippen LogP contribution in [0.3, 0.4) is 0 Å². The monoisotopic (exact) mass is 295 g/mol. The average molecular weight is 295 g/mol. The number of hydrogen-bond donors (Lipinski definition) is 0. The Morgan fingerprint density at radius 1 is 1.65 bits per heavy atom. The minimum atomic E-state index is -1.28. The van der Waals surface area contributed by atoms with Crippen LogP contribution >= 0.6 is 11.8 Å². The molecule has 0 amide bonds. The van der Waals surface area contributed by atoms with E-state index in [0.29, 0.717) is 12.8 Å². The van der Waals surface area contributed by atoms with Gasteiger partial charge in [0.25, 0.3) is 0 Å². The van der Waals surface area contributed by atoms with Gasteiger partial charge in [0.15, 0.2) is 0 Å². The molecule has 0 N–H and O–H groups in total. The van der Waals surface area contributed by atoms with Crippen LogP contribution in [0.4, 0.5) is 0 Å². The third kappa shape index (κ3) is 1.56. The fourth-order valence-corrected chi connectivity index (χ4v) is 4.95. The van der Waals surface area contributed by atoms with Gasteiger partial charge in [0, 0.05) is 0 Å². The maximum absolute atomic E-state index is 12.3. The van der Waals surface area contributed by atoms with Gasteiger partial charge in [-0.3, -0.25) is 14.4 Å². The second-order valence-electron chi connectivity index (χ2n) is 6.29. The van der Waals surface area contributed by atoms with Gasteiger partial charge in [-0.15, -0.1) is 11.8 Å². The molecule has 5 atom stereocenters. The van der Waals surface area contributed by atoms with Crippen molar-refractivity contribution in [3.8, 4) is 0 Å². The van der Waals surface area contributed by atoms with Gasteiger partial charge in [0.2, 0.25) is 6.10 Å². The molecular formula is C14H17NO4S. The molecule has 0 aromatic rings. The van der Waals surface area contributed by atoms with Crippen molar-refractivity contribution >= 4 is 23.7 Å². The van der Waals surface area contributed by atoms with E-state index in [1.165, 1.54) is 0 Å². The summed E-state index contributed by atoms with van der Waals surface area (Å²) >= 11 is 1.57. The van der Waals surface area contributed by atoms with Crippen molar-refractivity contribution in [2.75, 3.05) is 0 Å².